The summed E-state index contributed by atoms with van der Waals surface area (Å²) in [5, 5.41) is 21.4. The number of amides is 1. The van der Waals surface area contributed by atoms with Crippen LogP contribution in [0, 0.1) is 11.7 Å². The maximum atomic E-state index is 14.2. The standard InChI is InChI=1S/C30H27FNO6P/c31-26-12-5-4-11-24(26)27(33)16-15-25-29(32(30(25)35)21-8-2-1-3-9-21)20-13-14-23(28(34)18-20)19-7-6-10-22(17-19)39(36,37)38/h1-14,17-18,25,27,29,33-34H,15-16H2,(H2,36,37,38). The van der Waals surface area contributed by atoms with Crippen molar-refractivity contribution in [2.24, 2.45) is 5.92 Å². The van der Waals surface area contributed by atoms with E-state index in [0.717, 1.165) is 0 Å². The van der Waals surface area contributed by atoms with Crippen LogP contribution in [-0.2, 0) is 9.36 Å². The summed E-state index contributed by atoms with van der Waals surface area (Å²) in [5.41, 5.74) is 2.36. The molecule has 1 amide bonds. The molecule has 0 aliphatic carbocycles. The highest BCUT2D eigenvalue weighted by atomic mass is 31.2. The van der Waals surface area contributed by atoms with Gasteiger partial charge in [0.2, 0.25) is 5.91 Å². The second-order valence-electron chi connectivity index (χ2n) is 9.58. The lowest BCUT2D eigenvalue weighted by molar-refractivity contribution is -0.131. The molecule has 5 rings (SSSR count). The molecule has 1 aliphatic rings. The third-order valence-electron chi connectivity index (χ3n) is 7.12. The summed E-state index contributed by atoms with van der Waals surface area (Å²) >= 11 is 0. The number of phenolic OH excluding ortho intramolecular Hbond substituents is 1. The molecule has 1 aliphatic heterocycles. The van der Waals surface area contributed by atoms with E-state index in [0.29, 0.717) is 28.8 Å². The maximum absolute atomic E-state index is 14.2. The molecule has 4 aromatic carbocycles. The lowest BCUT2D eigenvalue weighted by Crippen LogP contribution is -2.55. The average molecular weight is 548 g/mol. The summed E-state index contributed by atoms with van der Waals surface area (Å²) < 4.78 is 25.9. The van der Waals surface area contributed by atoms with E-state index in [1.807, 2.05) is 30.3 Å². The van der Waals surface area contributed by atoms with Crippen molar-refractivity contribution in [3.05, 3.63) is 114 Å². The lowest BCUT2D eigenvalue weighted by atomic mass is 9.78. The summed E-state index contributed by atoms with van der Waals surface area (Å²) in [5.74, 6) is -1.25. The van der Waals surface area contributed by atoms with E-state index in [9.17, 15) is 33.7 Å². The highest BCUT2D eigenvalue weighted by molar-refractivity contribution is 7.60. The predicted molar refractivity (Wildman–Crippen MR) is 146 cm³/mol. The molecule has 200 valence electrons. The Bertz CT molecular complexity index is 1560. The molecule has 4 N–H and O–H groups in total. The van der Waals surface area contributed by atoms with Crippen LogP contribution in [0.4, 0.5) is 10.1 Å². The van der Waals surface area contributed by atoms with Crippen molar-refractivity contribution in [3.63, 3.8) is 0 Å². The van der Waals surface area contributed by atoms with E-state index in [4.69, 9.17) is 0 Å². The van der Waals surface area contributed by atoms with Crippen LogP contribution in [0.2, 0.25) is 0 Å². The Morgan fingerprint density at radius 2 is 1.62 bits per heavy atom. The Labute approximate surface area is 225 Å². The first-order valence-corrected chi connectivity index (χ1v) is 14.1. The van der Waals surface area contributed by atoms with E-state index >= 15 is 0 Å². The molecule has 0 spiro atoms. The van der Waals surface area contributed by atoms with Gasteiger partial charge in [0.1, 0.15) is 11.6 Å². The van der Waals surface area contributed by atoms with Crippen LogP contribution in [-0.4, -0.2) is 25.9 Å². The first-order valence-electron chi connectivity index (χ1n) is 12.4. The molecule has 0 saturated carbocycles. The van der Waals surface area contributed by atoms with Crippen molar-refractivity contribution in [3.8, 4) is 16.9 Å². The van der Waals surface area contributed by atoms with E-state index in [1.165, 1.54) is 30.3 Å². The second kappa shape index (κ2) is 10.8. The molecule has 0 bridgehead atoms. The van der Waals surface area contributed by atoms with Crippen LogP contribution in [0.1, 0.15) is 36.1 Å². The Morgan fingerprint density at radius 1 is 0.897 bits per heavy atom. The molecule has 1 fully saturated rings. The van der Waals surface area contributed by atoms with Crippen LogP contribution in [0.3, 0.4) is 0 Å². The molecule has 39 heavy (non-hydrogen) atoms. The number of para-hydroxylation sites is 1. The first-order chi connectivity index (χ1) is 18.6. The first kappa shape index (κ1) is 26.8. The van der Waals surface area contributed by atoms with Crippen molar-refractivity contribution in [2.75, 3.05) is 4.90 Å². The molecule has 1 heterocycles. The van der Waals surface area contributed by atoms with E-state index in [2.05, 4.69) is 0 Å². The van der Waals surface area contributed by atoms with Crippen LogP contribution >= 0.6 is 7.60 Å². The lowest BCUT2D eigenvalue weighted by Gasteiger charge is -2.48. The van der Waals surface area contributed by atoms with Crippen molar-refractivity contribution in [2.45, 2.75) is 25.0 Å². The van der Waals surface area contributed by atoms with Crippen LogP contribution < -0.4 is 10.2 Å². The number of hydrogen-bond acceptors (Lipinski definition) is 4. The summed E-state index contributed by atoms with van der Waals surface area (Å²) in [6, 6.07) is 25.5. The number of carbonyl (C=O) groups is 1. The zero-order valence-corrected chi connectivity index (χ0v) is 21.7. The Hall–Kier alpha value is -3.81. The molecule has 0 radical (unpaired) electrons. The third-order valence-corrected chi connectivity index (χ3v) is 8.07. The number of rotatable bonds is 8. The van der Waals surface area contributed by atoms with E-state index < -0.39 is 31.5 Å². The number of β-lactam (4-membered cyclic amide) rings is 1. The van der Waals surface area contributed by atoms with Gasteiger partial charge in [0, 0.05) is 16.8 Å². The number of aliphatic hydroxyl groups excluding tert-OH is 1. The van der Waals surface area contributed by atoms with Gasteiger partial charge in [-0.15, -0.1) is 0 Å². The topological polar surface area (TPSA) is 118 Å². The number of aliphatic hydroxyl groups is 1. The maximum Gasteiger partial charge on any atom is 0.356 e. The fraction of sp³-hybridized carbons (Fsp3) is 0.167. The minimum atomic E-state index is -4.47. The van der Waals surface area contributed by atoms with Crippen LogP contribution in [0.15, 0.2) is 97.1 Å². The van der Waals surface area contributed by atoms with Crippen molar-refractivity contribution in [1.29, 1.82) is 0 Å². The number of carbonyl (C=O) groups excluding carboxylic acids is 1. The fourth-order valence-electron chi connectivity index (χ4n) is 5.16. The zero-order valence-electron chi connectivity index (χ0n) is 20.8. The SMILES string of the molecule is O=C1C(CCC(O)c2ccccc2F)C(c2ccc(-c3cccc(P(=O)(O)O)c3)c(O)c2)N1c1ccccc1. The second-order valence-corrected chi connectivity index (χ2v) is 11.2. The van der Waals surface area contributed by atoms with Gasteiger partial charge in [0.15, 0.2) is 0 Å². The normalized spacial score (nSPS) is 18.1. The summed E-state index contributed by atoms with van der Waals surface area (Å²) in [7, 11) is -4.47. The highest BCUT2D eigenvalue weighted by Crippen LogP contribution is 2.48. The fourth-order valence-corrected chi connectivity index (χ4v) is 5.74. The third kappa shape index (κ3) is 5.37. The van der Waals surface area contributed by atoms with E-state index in [-0.39, 0.29) is 28.9 Å². The Morgan fingerprint density at radius 3 is 2.31 bits per heavy atom. The molecular weight excluding hydrogens is 520 g/mol. The number of anilines is 1. The van der Waals surface area contributed by atoms with E-state index in [1.54, 1.807) is 41.3 Å². The molecule has 0 aromatic heterocycles. The summed E-state index contributed by atoms with van der Waals surface area (Å²) in [6.07, 6.45) is -0.590. The van der Waals surface area contributed by atoms with Gasteiger partial charge in [0.25, 0.3) is 0 Å². The van der Waals surface area contributed by atoms with Gasteiger partial charge in [-0.1, -0.05) is 60.7 Å². The number of aromatic hydroxyl groups is 1. The number of phenols is 1. The zero-order chi connectivity index (χ0) is 27.7. The number of halogens is 1. The van der Waals surface area contributed by atoms with Crippen LogP contribution in [0.5, 0.6) is 5.75 Å². The monoisotopic (exact) mass is 547 g/mol. The van der Waals surface area contributed by atoms with Gasteiger partial charge in [0.05, 0.1) is 23.4 Å². The Kier molecular flexibility index (Phi) is 7.38. The Balaban J connectivity index is 1.45. The van der Waals surface area contributed by atoms with Crippen molar-refractivity contribution >= 4 is 24.5 Å². The molecule has 4 aromatic rings. The minimum Gasteiger partial charge on any atom is -0.507 e. The van der Waals surface area contributed by atoms with Gasteiger partial charge in [-0.25, -0.2) is 4.39 Å². The quantitative estimate of drug-likeness (QED) is 0.178. The number of benzene rings is 4. The van der Waals surface area contributed by atoms with Crippen molar-refractivity contribution in [1.82, 2.24) is 0 Å². The van der Waals surface area contributed by atoms with Crippen LogP contribution in [0.25, 0.3) is 11.1 Å². The molecule has 3 unspecified atom stereocenters. The average Bonchev–Trinajstić information content (AvgIpc) is 2.92. The van der Waals surface area contributed by atoms with Gasteiger partial charge < -0.3 is 24.9 Å². The molecule has 9 heteroatoms. The largest absolute Gasteiger partial charge is 0.507 e. The van der Waals surface area contributed by atoms with Gasteiger partial charge >= 0.3 is 7.60 Å². The summed E-state index contributed by atoms with van der Waals surface area (Å²) in [4.78, 5) is 34.0. The van der Waals surface area contributed by atoms with Gasteiger partial charge in [-0.3, -0.25) is 9.36 Å². The molecule has 3 atom stereocenters. The van der Waals surface area contributed by atoms with Gasteiger partial charge in [-0.05, 0) is 60.4 Å². The number of nitrogens with zero attached hydrogens (tertiary/aromatic N) is 1. The predicted octanol–water partition coefficient (Wildman–Crippen LogP) is 5.22. The molecule has 1 saturated heterocycles. The molecule has 7 nitrogen and oxygen atoms in total. The molecular formula is C30H27FNO6P. The number of hydrogen-bond donors (Lipinski definition) is 4. The van der Waals surface area contributed by atoms with Crippen molar-refractivity contribution < 1.29 is 33.7 Å². The highest BCUT2D eigenvalue weighted by Gasteiger charge is 2.48. The summed E-state index contributed by atoms with van der Waals surface area (Å²) in [6.45, 7) is 0. The minimum absolute atomic E-state index is 0.104. The van der Waals surface area contributed by atoms with Gasteiger partial charge in [-0.2, -0.15) is 0 Å². The smallest absolute Gasteiger partial charge is 0.356 e.